The van der Waals surface area contributed by atoms with Crippen molar-refractivity contribution in [3.8, 4) is 44.5 Å². The highest BCUT2D eigenvalue weighted by atomic mass is 16.3. The number of hydrogen-bond acceptors (Lipinski definition) is 2. The molecule has 0 bridgehead atoms. The van der Waals surface area contributed by atoms with Gasteiger partial charge in [0.15, 0.2) is 0 Å². The van der Waals surface area contributed by atoms with Crippen LogP contribution < -0.4 is 4.90 Å². The Morgan fingerprint density at radius 1 is 0.362 bits per heavy atom. The third-order valence-corrected chi connectivity index (χ3v) is 10.8. The van der Waals surface area contributed by atoms with Gasteiger partial charge in [0.25, 0.3) is 0 Å². The standard InChI is InChI=1S/C56H37NO/c1-3-12-38(13-4-1)41-28-30-48(31-29-41)57(49-32-33-52-51-18-9-10-21-54(51)58-55(52)37-49)53-20-11-19-50(46-26-22-40-16-7-8-17-42(40)35-46)56(53)47-27-25-44-34-43(23-24-45(44)36-47)39-14-5-2-6-15-39/h1-37H/i1D,3D,4D,12D,13D,28D,29D,30D,31D. The van der Waals surface area contributed by atoms with Gasteiger partial charge in [-0.15, -0.1) is 0 Å². The summed E-state index contributed by atoms with van der Waals surface area (Å²) in [5.41, 5.74) is 6.88. The molecule has 0 spiro atoms. The fourth-order valence-corrected chi connectivity index (χ4v) is 8.00. The SMILES string of the molecule is [2H]c1c([2H])c([2H])c(-c2c([2H])c([2H])c(N(c3ccc4c(c3)oc3ccccc34)c3cccc(-c4ccc5ccccc5c4)c3-c3ccc4cc(-c5ccccc5)ccc4c3)c([2H])c2[2H])c([2H])c1[2H]. The Hall–Kier alpha value is -7.68. The third kappa shape index (κ3) is 6.00. The van der Waals surface area contributed by atoms with Crippen molar-refractivity contribution in [3.05, 3.63) is 224 Å². The van der Waals surface area contributed by atoms with Crippen molar-refractivity contribution in [2.24, 2.45) is 0 Å². The smallest absolute Gasteiger partial charge is 0.137 e. The first-order chi connectivity index (χ1) is 32.5. The fraction of sp³-hybridized carbons (Fsp3) is 0. The van der Waals surface area contributed by atoms with Gasteiger partial charge in [0, 0.05) is 33.8 Å². The summed E-state index contributed by atoms with van der Waals surface area (Å²) in [5, 5.41) is 5.90. The van der Waals surface area contributed by atoms with Crippen molar-refractivity contribution in [3.63, 3.8) is 0 Å². The predicted octanol–water partition coefficient (Wildman–Crippen LogP) is 16.0. The fourth-order valence-electron chi connectivity index (χ4n) is 8.00. The molecule has 0 fully saturated rings. The van der Waals surface area contributed by atoms with E-state index < -0.39 is 65.5 Å². The highest BCUT2D eigenvalue weighted by Crippen LogP contribution is 2.47. The van der Waals surface area contributed by atoms with Gasteiger partial charge in [-0.25, -0.2) is 0 Å². The molecule has 0 radical (unpaired) electrons. The number of nitrogens with zero attached hydrogens (tertiary/aromatic N) is 1. The summed E-state index contributed by atoms with van der Waals surface area (Å²) in [6.07, 6.45) is 0. The summed E-state index contributed by atoms with van der Waals surface area (Å²) in [4.78, 5) is 1.72. The minimum absolute atomic E-state index is 0.105. The van der Waals surface area contributed by atoms with Crippen LogP contribution >= 0.6 is 0 Å². The van der Waals surface area contributed by atoms with E-state index in [9.17, 15) is 5.48 Å². The highest BCUT2D eigenvalue weighted by Gasteiger charge is 2.22. The van der Waals surface area contributed by atoms with E-state index >= 15 is 0 Å². The first-order valence-corrected chi connectivity index (χ1v) is 19.1. The molecule has 1 aromatic heterocycles. The van der Waals surface area contributed by atoms with Gasteiger partial charge >= 0.3 is 0 Å². The number of furan rings is 1. The van der Waals surface area contributed by atoms with Crippen molar-refractivity contribution >= 4 is 60.5 Å². The van der Waals surface area contributed by atoms with Crippen LogP contribution in [0.5, 0.6) is 0 Å². The van der Waals surface area contributed by atoms with E-state index in [1.54, 1.807) is 4.90 Å². The molecular weight excluding hydrogens is 703 g/mol. The maximum atomic E-state index is 9.77. The average molecular weight is 749 g/mol. The number of para-hydroxylation sites is 1. The van der Waals surface area contributed by atoms with E-state index in [-0.39, 0.29) is 5.69 Å². The Balaban J connectivity index is 1.22. The van der Waals surface area contributed by atoms with Crippen LogP contribution in [0.2, 0.25) is 0 Å². The summed E-state index contributed by atoms with van der Waals surface area (Å²) < 4.78 is 87.4. The van der Waals surface area contributed by atoms with Crippen LogP contribution in [0.15, 0.2) is 229 Å². The lowest BCUT2D eigenvalue weighted by molar-refractivity contribution is 0.669. The second kappa shape index (κ2) is 14.1. The summed E-state index contributed by atoms with van der Waals surface area (Å²) in [7, 11) is 0. The van der Waals surface area contributed by atoms with E-state index in [2.05, 4.69) is 78.9 Å². The lowest BCUT2D eigenvalue weighted by Gasteiger charge is -2.29. The second-order valence-electron chi connectivity index (χ2n) is 14.2. The van der Waals surface area contributed by atoms with Crippen LogP contribution in [0.4, 0.5) is 17.1 Å². The number of fused-ring (bicyclic) bond motifs is 5. The minimum atomic E-state index is -0.639. The molecule has 272 valence electrons. The molecule has 0 saturated heterocycles. The molecule has 0 aliphatic heterocycles. The van der Waals surface area contributed by atoms with Crippen molar-refractivity contribution in [1.29, 1.82) is 0 Å². The molecule has 0 atom stereocenters. The van der Waals surface area contributed by atoms with Crippen molar-refractivity contribution in [2.45, 2.75) is 0 Å². The Bertz CT molecular complexity index is 3770. The highest BCUT2D eigenvalue weighted by molar-refractivity contribution is 6.07. The van der Waals surface area contributed by atoms with Crippen molar-refractivity contribution in [2.75, 3.05) is 4.90 Å². The molecule has 58 heavy (non-hydrogen) atoms. The van der Waals surface area contributed by atoms with Crippen LogP contribution in [0, 0.1) is 0 Å². The van der Waals surface area contributed by atoms with E-state index in [0.717, 1.165) is 65.7 Å². The van der Waals surface area contributed by atoms with E-state index in [1.165, 1.54) is 0 Å². The molecule has 10 aromatic carbocycles. The quantitative estimate of drug-likeness (QED) is 0.161. The molecule has 0 aliphatic rings. The molecule has 11 aromatic rings. The Kier molecular flexibility index (Phi) is 6.20. The number of benzene rings is 10. The van der Waals surface area contributed by atoms with Gasteiger partial charge in [-0.05, 0) is 115 Å². The number of rotatable bonds is 7. The zero-order chi connectivity index (χ0) is 46.2. The summed E-state index contributed by atoms with van der Waals surface area (Å²) in [5.74, 6) is 0. The molecule has 11 rings (SSSR count). The average Bonchev–Trinajstić information content (AvgIpc) is 3.74. The van der Waals surface area contributed by atoms with E-state index in [0.29, 0.717) is 22.5 Å². The summed E-state index contributed by atoms with van der Waals surface area (Å²) in [6, 6.07) is 51.3. The molecule has 2 heteroatoms. The maximum Gasteiger partial charge on any atom is 0.137 e. The Labute approximate surface area is 350 Å². The zero-order valence-corrected chi connectivity index (χ0v) is 31.0. The Morgan fingerprint density at radius 3 is 1.84 bits per heavy atom. The minimum Gasteiger partial charge on any atom is -0.456 e. The van der Waals surface area contributed by atoms with Gasteiger partial charge in [0.05, 0.1) is 18.0 Å². The number of anilines is 3. The summed E-state index contributed by atoms with van der Waals surface area (Å²) in [6.45, 7) is 0. The van der Waals surface area contributed by atoms with Crippen LogP contribution in [0.3, 0.4) is 0 Å². The lowest BCUT2D eigenvalue weighted by Crippen LogP contribution is -2.11. The molecule has 0 unspecified atom stereocenters. The molecular formula is C56H37NO. The second-order valence-corrected chi connectivity index (χ2v) is 14.2. The van der Waals surface area contributed by atoms with E-state index in [4.69, 9.17) is 11.3 Å². The molecule has 0 aliphatic carbocycles. The van der Waals surface area contributed by atoms with Crippen LogP contribution in [0.1, 0.15) is 12.3 Å². The third-order valence-electron chi connectivity index (χ3n) is 10.8. The Morgan fingerprint density at radius 2 is 1.00 bits per heavy atom. The van der Waals surface area contributed by atoms with Crippen molar-refractivity contribution < 1.29 is 16.8 Å². The van der Waals surface area contributed by atoms with Gasteiger partial charge < -0.3 is 9.32 Å². The lowest BCUT2D eigenvalue weighted by atomic mass is 9.89. The largest absolute Gasteiger partial charge is 0.456 e. The first-order valence-electron chi connectivity index (χ1n) is 23.6. The molecule has 1 heterocycles. The van der Waals surface area contributed by atoms with E-state index in [1.807, 2.05) is 91.0 Å². The zero-order valence-electron chi connectivity index (χ0n) is 40.0. The molecule has 2 nitrogen and oxygen atoms in total. The van der Waals surface area contributed by atoms with Gasteiger partial charge in [0.2, 0.25) is 0 Å². The van der Waals surface area contributed by atoms with Gasteiger partial charge in [0.1, 0.15) is 11.2 Å². The van der Waals surface area contributed by atoms with Gasteiger partial charge in [-0.2, -0.15) is 0 Å². The normalized spacial score (nSPS) is 13.6. The van der Waals surface area contributed by atoms with Crippen molar-refractivity contribution in [1.82, 2.24) is 0 Å². The molecule has 0 saturated carbocycles. The monoisotopic (exact) mass is 748 g/mol. The van der Waals surface area contributed by atoms with Gasteiger partial charge in [-0.1, -0.05) is 164 Å². The summed E-state index contributed by atoms with van der Waals surface area (Å²) >= 11 is 0. The molecule has 0 N–H and O–H groups in total. The van der Waals surface area contributed by atoms with Gasteiger partial charge in [-0.3, -0.25) is 0 Å². The van der Waals surface area contributed by atoms with Crippen LogP contribution in [0.25, 0.3) is 88.0 Å². The predicted molar refractivity (Wildman–Crippen MR) is 245 cm³/mol. The number of hydrogen-bond donors (Lipinski definition) is 0. The maximum absolute atomic E-state index is 9.77. The van der Waals surface area contributed by atoms with Crippen LogP contribution in [-0.4, -0.2) is 0 Å². The first kappa shape index (κ1) is 25.5. The van der Waals surface area contributed by atoms with Crippen LogP contribution in [-0.2, 0) is 0 Å². The topological polar surface area (TPSA) is 16.4 Å². The molecule has 0 amide bonds.